The molecule has 1 atom stereocenters. The second-order valence-electron chi connectivity index (χ2n) is 4.69. The van der Waals surface area contributed by atoms with Crippen molar-refractivity contribution >= 4 is 11.0 Å². The Bertz CT molecular complexity index is 360. The second-order valence-corrected chi connectivity index (χ2v) is 5.99. The van der Waals surface area contributed by atoms with Crippen LogP contribution in [0.3, 0.4) is 0 Å². The van der Waals surface area contributed by atoms with Crippen molar-refractivity contribution in [1.82, 2.24) is 9.62 Å². The Hall–Kier alpha value is -0.710. The molecule has 0 heterocycles. The van der Waals surface area contributed by atoms with E-state index >= 15 is 0 Å². The number of nitrogens with one attached hydrogen (secondary N) is 1. The van der Waals surface area contributed by atoms with Crippen LogP contribution in [-0.4, -0.2) is 36.3 Å². The van der Waals surface area contributed by atoms with Crippen molar-refractivity contribution in [2.75, 3.05) is 27.2 Å². The molecule has 0 saturated carbocycles. The first-order valence-corrected chi connectivity index (χ1v) is 7.05. The van der Waals surface area contributed by atoms with Gasteiger partial charge in [0.1, 0.15) is 11.0 Å². The Morgan fingerprint density at radius 2 is 1.82 bits per heavy atom. The molecule has 0 aliphatic heterocycles. The van der Waals surface area contributed by atoms with Gasteiger partial charge in [0.25, 0.3) is 0 Å². The van der Waals surface area contributed by atoms with E-state index in [1.807, 2.05) is 38.4 Å². The molecule has 1 N–H and O–H groups in total. The van der Waals surface area contributed by atoms with Crippen molar-refractivity contribution in [3.8, 4) is 0 Å². The smallest absolute Gasteiger partial charge is 0.124 e. The van der Waals surface area contributed by atoms with E-state index in [0.29, 0.717) is 5.92 Å². The lowest BCUT2D eigenvalue weighted by atomic mass is 10.0. The van der Waals surface area contributed by atoms with Gasteiger partial charge in [-0.3, -0.25) is 0 Å². The first-order chi connectivity index (χ1) is 8.00. The highest BCUT2D eigenvalue weighted by Crippen LogP contribution is 2.15. The average molecular weight is 254 g/mol. The summed E-state index contributed by atoms with van der Waals surface area (Å²) in [5, 5.41) is 0. The zero-order valence-corrected chi connectivity index (χ0v) is 11.9. The molecule has 0 bridgehead atoms. The minimum atomic E-state index is -1.10. The Kier molecular flexibility index (Phi) is 5.82. The molecule has 0 aliphatic carbocycles. The van der Waals surface area contributed by atoms with Crippen molar-refractivity contribution < 1.29 is 4.21 Å². The molecule has 0 fully saturated rings. The molecule has 0 spiro atoms. The third-order valence-corrected chi connectivity index (χ3v) is 3.72. The topological polar surface area (TPSA) is 32.3 Å². The molecule has 1 aromatic carbocycles. The average Bonchev–Trinajstić information content (AvgIpc) is 2.28. The zero-order chi connectivity index (χ0) is 12.8. The van der Waals surface area contributed by atoms with Gasteiger partial charge < -0.3 is 4.90 Å². The lowest BCUT2D eigenvalue weighted by molar-refractivity contribution is 0.414. The zero-order valence-electron chi connectivity index (χ0n) is 11.1. The van der Waals surface area contributed by atoms with Crippen LogP contribution in [0.4, 0.5) is 0 Å². The fourth-order valence-electron chi connectivity index (χ4n) is 1.42. The normalized spacial score (nSPS) is 13.3. The second kappa shape index (κ2) is 6.89. The number of hydrogen-bond donors (Lipinski definition) is 1. The predicted molar refractivity (Wildman–Crippen MR) is 73.5 cm³/mol. The predicted octanol–water partition coefficient (Wildman–Crippen LogP) is 1.98. The lowest BCUT2D eigenvalue weighted by Gasteiger charge is -2.10. The van der Waals surface area contributed by atoms with E-state index in [9.17, 15) is 4.21 Å². The lowest BCUT2D eigenvalue weighted by Crippen LogP contribution is -2.27. The van der Waals surface area contributed by atoms with Gasteiger partial charge in [-0.1, -0.05) is 26.0 Å². The molecular formula is C13H22N2OS. The third kappa shape index (κ3) is 4.98. The Balaban J connectivity index is 2.52. The summed E-state index contributed by atoms with van der Waals surface area (Å²) in [7, 11) is 2.91. The molecular weight excluding hydrogens is 232 g/mol. The summed E-state index contributed by atoms with van der Waals surface area (Å²) in [5.74, 6) is 0.513. The Labute approximate surface area is 107 Å². The van der Waals surface area contributed by atoms with Crippen LogP contribution in [0.25, 0.3) is 0 Å². The highest BCUT2D eigenvalue weighted by Gasteiger charge is 2.04. The third-order valence-electron chi connectivity index (χ3n) is 2.55. The van der Waals surface area contributed by atoms with Crippen molar-refractivity contribution in [3.63, 3.8) is 0 Å². The highest BCUT2D eigenvalue weighted by molar-refractivity contribution is 7.83. The van der Waals surface area contributed by atoms with Crippen LogP contribution in [0.2, 0.25) is 0 Å². The van der Waals surface area contributed by atoms with Gasteiger partial charge in [-0.05, 0) is 37.7 Å². The summed E-state index contributed by atoms with van der Waals surface area (Å²) in [6.07, 6.45) is 0. The molecule has 0 aromatic heterocycles. The quantitative estimate of drug-likeness (QED) is 0.842. The summed E-state index contributed by atoms with van der Waals surface area (Å²) in [6.45, 7) is 5.92. The SMILES string of the molecule is CC(C)c1ccc(S(=O)NCCN(C)C)cc1. The number of likely N-dealkylation sites (N-methyl/N-ethyl adjacent to an activating group) is 1. The van der Waals surface area contributed by atoms with Crippen LogP contribution in [-0.2, 0) is 11.0 Å². The van der Waals surface area contributed by atoms with Gasteiger partial charge in [0, 0.05) is 13.1 Å². The Morgan fingerprint density at radius 3 is 2.29 bits per heavy atom. The van der Waals surface area contributed by atoms with Gasteiger partial charge in [-0.25, -0.2) is 8.93 Å². The summed E-state index contributed by atoms with van der Waals surface area (Å²) in [6, 6.07) is 7.97. The van der Waals surface area contributed by atoms with Crippen LogP contribution in [0, 0.1) is 0 Å². The molecule has 1 rings (SSSR count). The molecule has 96 valence electrons. The van der Waals surface area contributed by atoms with Crippen LogP contribution in [0.5, 0.6) is 0 Å². The maximum Gasteiger partial charge on any atom is 0.124 e. The summed E-state index contributed by atoms with van der Waals surface area (Å²) < 4.78 is 14.9. The van der Waals surface area contributed by atoms with Crippen LogP contribution in [0.1, 0.15) is 25.3 Å². The van der Waals surface area contributed by atoms with Crippen LogP contribution >= 0.6 is 0 Å². The maximum absolute atomic E-state index is 11.9. The fourth-order valence-corrected chi connectivity index (χ4v) is 2.25. The van der Waals surface area contributed by atoms with E-state index in [1.54, 1.807) is 0 Å². The summed E-state index contributed by atoms with van der Waals surface area (Å²) >= 11 is 0. The van der Waals surface area contributed by atoms with Crippen molar-refractivity contribution in [2.45, 2.75) is 24.7 Å². The number of benzene rings is 1. The van der Waals surface area contributed by atoms with Gasteiger partial charge >= 0.3 is 0 Å². The molecule has 0 aliphatic rings. The standard InChI is InChI=1S/C13H22N2OS/c1-11(2)12-5-7-13(8-6-12)17(16)14-9-10-15(3)4/h5-8,11,14H,9-10H2,1-4H3. The van der Waals surface area contributed by atoms with Crippen LogP contribution in [0.15, 0.2) is 29.2 Å². The largest absolute Gasteiger partial charge is 0.308 e. The van der Waals surface area contributed by atoms with Gasteiger partial charge in [0.15, 0.2) is 0 Å². The maximum atomic E-state index is 11.9. The van der Waals surface area contributed by atoms with E-state index in [4.69, 9.17) is 0 Å². The molecule has 0 amide bonds. The van der Waals surface area contributed by atoms with Gasteiger partial charge in [-0.15, -0.1) is 0 Å². The van der Waals surface area contributed by atoms with Gasteiger partial charge in [0.05, 0.1) is 4.90 Å². The van der Waals surface area contributed by atoms with E-state index in [2.05, 4.69) is 23.5 Å². The first-order valence-electron chi connectivity index (χ1n) is 5.90. The van der Waals surface area contributed by atoms with Crippen LogP contribution < -0.4 is 4.72 Å². The number of hydrogen-bond acceptors (Lipinski definition) is 2. The molecule has 4 heteroatoms. The molecule has 1 aromatic rings. The first kappa shape index (κ1) is 14.4. The fraction of sp³-hybridized carbons (Fsp3) is 0.538. The minimum absolute atomic E-state index is 0.513. The molecule has 17 heavy (non-hydrogen) atoms. The van der Waals surface area contributed by atoms with E-state index in [0.717, 1.165) is 18.0 Å². The van der Waals surface area contributed by atoms with Gasteiger partial charge in [0.2, 0.25) is 0 Å². The van der Waals surface area contributed by atoms with Crippen molar-refractivity contribution in [2.24, 2.45) is 0 Å². The van der Waals surface area contributed by atoms with E-state index in [1.165, 1.54) is 5.56 Å². The summed E-state index contributed by atoms with van der Waals surface area (Å²) in [4.78, 5) is 2.90. The van der Waals surface area contributed by atoms with Crippen molar-refractivity contribution in [1.29, 1.82) is 0 Å². The Morgan fingerprint density at radius 1 is 1.24 bits per heavy atom. The monoisotopic (exact) mass is 254 g/mol. The highest BCUT2D eigenvalue weighted by atomic mass is 32.2. The number of rotatable bonds is 6. The molecule has 3 nitrogen and oxygen atoms in total. The van der Waals surface area contributed by atoms with E-state index in [-0.39, 0.29) is 0 Å². The molecule has 0 saturated heterocycles. The van der Waals surface area contributed by atoms with E-state index < -0.39 is 11.0 Å². The van der Waals surface area contributed by atoms with Crippen molar-refractivity contribution in [3.05, 3.63) is 29.8 Å². The number of nitrogens with zero attached hydrogens (tertiary/aromatic N) is 1. The molecule has 0 radical (unpaired) electrons. The summed E-state index contributed by atoms with van der Waals surface area (Å²) in [5.41, 5.74) is 1.28. The minimum Gasteiger partial charge on any atom is -0.308 e. The van der Waals surface area contributed by atoms with Gasteiger partial charge in [-0.2, -0.15) is 0 Å². The molecule has 1 unspecified atom stereocenters.